The van der Waals surface area contributed by atoms with E-state index in [1.807, 2.05) is 18.2 Å². The highest BCUT2D eigenvalue weighted by atomic mass is 32.1. The van der Waals surface area contributed by atoms with E-state index in [-0.39, 0.29) is 5.91 Å². The summed E-state index contributed by atoms with van der Waals surface area (Å²) in [4.78, 5) is 23.8. The fourth-order valence-corrected chi connectivity index (χ4v) is 3.74. The van der Waals surface area contributed by atoms with Gasteiger partial charge in [0.2, 0.25) is 0 Å². The summed E-state index contributed by atoms with van der Waals surface area (Å²) in [6.45, 7) is 2.71. The zero-order valence-corrected chi connectivity index (χ0v) is 15.1. The summed E-state index contributed by atoms with van der Waals surface area (Å²) in [6.07, 6.45) is 1.70. The molecule has 134 valence electrons. The van der Waals surface area contributed by atoms with Crippen LogP contribution in [0.5, 0.6) is 5.75 Å². The third-order valence-corrected chi connectivity index (χ3v) is 5.09. The minimum Gasteiger partial charge on any atom is -0.497 e. The van der Waals surface area contributed by atoms with Crippen LogP contribution in [0.1, 0.15) is 10.4 Å². The number of anilines is 2. The Hall–Kier alpha value is -2.71. The number of aromatic nitrogens is 2. The molecule has 1 aliphatic rings. The van der Waals surface area contributed by atoms with Gasteiger partial charge in [-0.15, -0.1) is 0 Å². The van der Waals surface area contributed by atoms with Gasteiger partial charge in [-0.1, -0.05) is 11.3 Å². The summed E-state index contributed by atoms with van der Waals surface area (Å²) in [6, 6.07) is 9.19. The van der Waals surface area contributed by atoms with Gasteiger partial charge in [-0.2, -0.15) is 0 Å². The zero-order valence-electron chi connectivity index (χ0n) is 14.3. The molecule has 3 heterocycles. The van der Waals surface area contributed by atoms with Crippen LogP contribution in [0.2, 0.25) is 0 Å². The van der Waals surface area contributed by atoms with Gasteiger partial charge < -0.3 is 14.4 Å². The molecule has 1 amide bonds. The Labute approximate surface area is 154 Å². The highest BCUT2D eigenvalue weighted by Gasteiger charge is 2.20. The molecule has 0 atom stereocenters. The molecule has 0 bridgehead atoms. The van der Waals surface area contributed by atoms with E-state index in [2.05, 4.69) is 20.2 Å². The van der Waals surface area contributed by atoms with Gasteiger partial charge in [-0.25, -0.2) is 9.97 Å². The van der Waals surface area contributed by atoms with E-state index < -0.39 is 0 Å². The van der Waals surface area contributed by atoms with Crippen LogP contribution in [0.4, 0.5) is 10.9 Å². The average Bonchev–Trinajstić information content (AvgIpc) is 3.09. The maximum Gasteiger partial charge on any atom is 0.261 e. The highest BCUT2D eigenvalue weighted by molar-refractivity contribution is 7.22. The molecule has 0 saturated carbocycles. The molecule has 8 heteroatoms. The summed E-state index contributed by atoms with van der Waals surface area (Å²) in [5, 5.41) is 3.45. The normalized spacial score (nSPS) is 14.4. The van der Waals surface area contributed by atoms with Gasteiger partial charge in [0, 0.05) is 19.3 Å². The number of methoxy groups -OCH3 is 1. The molecule has 26 heavy (non-hydrogen) atoms. The molecule has 2 aromatic heterocycles. The third kappa shape index (κ3) is 3.33. The van der Waals surface area contributed by atoms with Crippen LogP contribution in [0, 0.1) is 0 Å². The number of morpholine rings is 1. The van der Waals surface area contributed by atoms with Crippen molar-refractivity contribution in [1.29, 1.82) is 0 Å². The maximum absolute atomic E-state index is 12.8. The quantitative estimate of drug-likeness (QED) is 0.761. The highest BCUT2D eigenvalue weighted by Crippen LogP contribution is 2.30. The monoisotopic (exact) mass is 370 g/mol. The fourth-order valence-electron chi connectivity index (χ4n) is 2.85. The van der Waals surface area contributed by atoms with Crippen molar-refractivity contribution in [2.75, 3.05) is 43.6 Å². The van der Waals surface area contributed by atoms with Crippen LogP contribution in [-0.4, -0.2) is 49.3 Å². The predicted molar refractivity (Wildman–Crippen MR) is 101 cm³/mol. The molecule has 0 spiro atoms. The van der Waals surface area contributed by atoms with Gasteiger partial charge in [0.15, 0.2) is 5.13 Å². The van der Waals surface area contributed by atoms with Gasteiger partial charge in [0.25, 0.3) is 5.91 Å². The van der Waals surface area contributed by atoms with E-state index in [1.165, 1.54) is 11.3 Å². The van der Waals surface area contributed by atoms with E-state index in [0.29, 0.717) is 29.7 Å². The lowest BCUT2D eigenvalue weighted by Gasteiger charge is -2.29. The van der Waals surface area contributed by atoms with E-state index in [1.54, 1.807) is 25.4 Å². The number of carbonyl (C=O) groups is 1. The first-order chi connectivity index (χ1) is 12.7. The Balaban J connectivity index is 1.58. The van der Waals surface area contributed by atoms with Crippen LogP contribution in [0.25, 0.3) is 10.2 Å². The fraction of sp³-hybridized carbons (Fsp3) is 0.278. The number of nitrogens with one attached hydrogen (secondary N) is 1. The van der Waals surface area contributed by atoms with Gasteiger partial charge >= 0.3 is 0 Å². The van der Waals surface area contributed by atoms with E-state index in [9.17, 15) is 4.79 Å². The second-order valence-electron chi connectivity index (χ2n) is 5.78. The molecular weight excluding hydrogens is 352 g/mol. The second kappa shape index (κ2) is 7.27. The van der Waals surface area contributed by atoms with Gasteiger partial charge in [-0.3, -0.25) is 10.1 Å². The number of benzene rings is 1. The molecule has 1 aliphatic heterocycles. The molecule has 4 rings (SSSR count). The van der Waals surface area contributed by atoms with E-state index in [4.69, 9.17) is 9.47 Å². The lowest BCUT2D eigenvalue weighted by atomic mass is 10.2. The molecule has 7 nitrogen and oxygen atoms in total. The number of rotatable bonds is 4. The molecule has 1 saturated heterocycles. The number of hydrogen-bond donors (Lipinski definition) is 1. The summed E-state index contributed by atoms with van der Waals surface area (Å²) in [5.41, 5.74) is 1.36. The maximum atomic E-state index is 12.8. The number of fused-ring (bicyclic) bond motifs is 1. The summed E-state index contributed by atoms with van der Waals surface area (Å²) >= 11 is 1.41. The van der Waals surface area contributed by atoms with E-state index in [0.717, 1.165) is 29.1 Å². The van der Waals surface area contributed by atoms with Crippen molar-refractivity contribution in [1.82, 2.24) is 9.97 Å². The molecule has 0 radical (unpaired) electrons. The van der Waals surface area contributed by atoms with Crippen molar-refractivity contribution in [2.24, 2.45) is 0 Å². The lowest BCUT2D eigenvalue weighted by molar-refractivity contribution is 0.102. The van der Waals surface area contributed by atoms with Crippen molar-refractivity contribution in [3.63, 3.8) is 0 Å². The number of pyridine rings is 1. The van der Waals surface area contributed by atoms with Gasteiger partial charge in [0.05, 0.1) is 36.1 Å². The van der Waals surface area contributed by atoms with Gasteiger partial charge in [-0.05, 0) is 30.3 Å². The minimum absolute atomic E-state index is 0.217. The lowest BCUT2D eigenvalue weighted by Crippen LogP contribution is -2.38. The number of carbonyl (C=O) groups excluding carboxylic acids is 1. The first-order valence-electron chi connectivity index (χ1n) is 8.28. The van der Waals surface area contributed by atoms with Crippen molar-refractivity contribution in [3.8, 4) is 5.75 Å². The molecule has 1 N–H and O–H groups in total. The zero-order chi connectivity index (χ0) is 17.9. The first-order valence-corrected chi connectivity index (χ1v) is 9.10. The molecule has 0 unspecified atom stereocenters. The second-order valence-corrected chi connectivity index (χ2v) is 6.81. The standard InChI is InChI=1S/C18H18N4O3S/c1-24-12-4-5-14-15(11-12)26-18(20-14)21-17(23)13-3-2-6-19-16(13)22-7-9-25-10-8-22/h2-6,11H,7-10H2,1H3,(H,20,21,23). The largest absolute Gasteiger partial charge is 0.497 e. The van der Waals surface area contributed by atoms with Crippen molar-refractivity contribution in [2.45, 2.75) is 0 Å². The Morgan fingerprint density at radius 1 is 1.31 bits per heavy atom. The number of hydrogen-bond acceptors (Lipinski definition) is 7. The van der Waals surface area contributed by atoms with Crippen LogP contribution in [0.15, 0.2) is 36.5 Å². The van der Waals surface area contributed by atoms with Crippen LogP contribution in [0.3, 0.4) is 0 Å². The Morgan fingerprint density at radius 2 is 2.15 bits per heavy atom. The van der Waals surface area contributed by atoms with Crippen molar-refractivity contribution >= 4 is 38.4 Å². The average molecular weight is 370 g/mol. The number of amides is 1. The minimum atomic E-state index is -0.217. The Morgan fingerprint density at radius 3 is 2.96 bits per heavy atom. The number of ether oxygens (including phenoxy) is 2. The first kappa shape index (κ1) is 16.7. The molecular formula is C18H18N4O3S. The molecule has 3 aromatic rings. The van der Waals surface area contributed by atoms with Crippen molar-refractivity contribution < 1.29 is 14.3 Å². The summed E-state index contributed by atoms with van der Waals surface area (Å²) < 4.78 is 11.6. The van der Waals surface area contributed by atoms with Crippen LogP contribution >= 0.6 is 11.3 Å². The molecule has 1 aromatic carbocycles. The van der Waals surface area contributed by atoms with Gasteiger partial charge in [0.1, 0.15) is 11.6 Å². The SMILES string of the molecule is COc1ccc2nc(NC(=O)c3cccnc3N3CCOCC3)sc2c1. The van der Waals surface area contributed by atoms with Crippen LogP contribution in [-0.2, 0) is 4.74 Å². The third-order valence-electron chi connectivity index (χ3n) is 4.16. The molecule has 1 fully saturated rings. The number of nitrogens with zero attached hydrogens (tertiary/aromatic N) is 3. The Kier molecular flexibility index (Phi) is 4.68. The topological polar surface area (TPSA) is 76.6 Å². The Bertz CT molecular complexity index is 937. The summed E-state index contributed by atoms with van der Waals surface area (Å²) in [7, 11) is 1.63. The summed E-state index contributed by atoms with van der Waals surface area (Å²) in [5.74, 6) is 1.22. The smallest absolute Gasteiger partial charge is 0.261 e. The number of thiazole rings is 1. The molecule has 0 aliphatic carbocycles. The van der Waals surface area contributed by atoms with E-state index >= 15 is 0 Å². The van der Waals surface area contributed by atoms with Crippen LogP contribution < -0.4 is 15.0 Å². The van der Waals surface area contributed by atoms with Crippen molar-refractivity contribution in [3.05, 3.63) is 42.1 Å². The predicted octanol–water partition coefficient (Wildman–Crippen LogP) is 2.79.